The van der Waals surface area contributed by atoms with E-state index < -0.39 is 0 Å². The van der Waals surface area contributed by atoms with Crippen molar-refractivity contribution in [3.63, 3.8) is 0 Å². The van der Waals surface area contributed by atoms with E-state index in [1.807, 2.05) is 0 Å². The lowest BCUT2D eigenvalue weighted by molar-refractivity contribution is 4.04. The molecule has 0 nitrogen and oxygen atoms in total. The predicted molar refractivity (Wildman–Crippen MR) is 32.9 cm³/mol. The first-order chi connectivity index (χ1) is 1.73. The summed E-state index contributed by atoms with van der Waals surface area (Å²) in [4.78, 5) is 0. The van der Waals surface area contributed by atoms with Gasteiger partial charge in [0.25, 0.3) is 0 Å². The van der Waals surface area contributed by atoms with Gasteiger partial charge < -0.3 is 0 Å². The Hall–Kier alpha value is 0.941. The van der Waals surface area contributed by atoms with Crippen molar-refractivity contribution in [2.24, 2.45) is 0 Å². The van der Waals surface area contributed by atoms with Crippen LogP contribution in [0.25, 0.3) is 0 Å². The first kappa shape index (κ1) is 4.94. The monoisotopic (exact) mass is 126 g/mol. The average molecular weight is 127 g/mol. The van der Waals surface area contributed by atoms with Crippen molar-refractivity contribution in [3.05, 3.63) is 0 Å². The summed E-state index contributed by atoms with van der Waals surface area (Å²) in [6.07, 6.45) is 0. The molecule has 0 amide bonds. The molecule has 0 aromatic carbocycles. The van der Waals surface area contributed by atoms with Gasteiger partial charge in [0.15, 0.2) is 0 Å². The molecule has 0 aromatic heterocycles. The second kappa shape index (κ2) is 2.19. The SMILES string of the molecule is [SiH3][SiH]([SiH3])Cl. The van der Waals surface area contributed by atoms with Gasteiger partial charge in [-0.25, -0.2) is 0 Å². The molecule has 0 fully saturated rings. The predicted octanol–water partition coefficient (Wildman–Crippen LogP) is -2.33. The van der Waals surface area contributed by atoms with Crippen molar-refractivity contribution in [2.75, 3.05) is 0 Å². The molecule has 0 unspecified atom stereocenters. The van der Waals surface area contributed by atoms with E-state index in [4.69, 9.17) is 11.1 Å². The Kier molecular flexibility index (Phi) is 2.71. The Morgan fingerprint density at radius 1 is 1.50 bits per heavy atom. The van der Waals surface area contributed by atoms with E-state index in [2.05, 4.69) is 0 Å². The third-order valence-corrected chi connectivity index (χ3v) is 0. The summed E-state index contributed by atoms with van der Waals surface area (Å²) >= 11 is 5.54. The maximum Gasteiger partial charge on any atom is 0.103 e. The number of halogens is 1. The quantitative estimate of drug-likeness (QED) is 0.253. The molecule has 0 bridgehead atoms. The lowest BCUT2D eigenvalue weighted by Gasteiger charge is -1.71. The molecule has 0 radical (unpaired) electrons. The molecule has 4 heavy (non-hydrogen) atoms. The first-order valence-electron chi connectivity index (χ1n) is 1.37. The smallest absolute Gasteiger partial charge is 0.103 e. The summed E-state index contributed by atoms with van der Waals surface area (Å²) in [5.41, 5.74) is 0. The van der Waals surface area contributed by atoms with Gasteiger partial charge in [0.1, 0.15) is 7.14 Å². The Morgan fingerprint density at radius 2 is 1.50 bits per heavy atom. The van der Waals surface area contributed by atoms with Crippen LogP contribution in [-0.4, -0.2) is 26.7 Å². The fourth-order valence-corrected chi connectivity index (χ4v) is 0. The zero-order chi connectivity index (χ0) is 3.58. The highest BCUT2D eigenvalue weighted by atomic mass is 35.6. The van der Waals surface area contributed by atoms with Crippen LogP contribution in [0.15, 0.2) is 0 Å². The zero-order valence-corrected chi connectivity index (χ0v) is 8.87. The molecule has 0 aliphatic heterocycles. The minimum atomic E-state index is -0.389. The first-order valence-corrected chi connectivity index (χ1v) is 12.4. The van der Waals surface area contributed by atoms with E-state index in [0.717, 1.165) is 0 Å². The van der Waals surface area contributed by atoms with Crippen molar-refractivity contribution >= 4 is 37.7 Å². The van der Waals surface area contributed by atoms with Crippen LogP contribution in [0.2, 0.25) is 0 Å². The fourth-order valence-electron chi connectivity index (χ4n) is 0. The molecule has 0 heterocycles. The molecule has 0 aromatic rings. The normalized spacial score (nSPS) is 17.2. The van der Waals surface area contributed by atoms with Gasteiger partial charge >= 0.3 is 0 Å². The summed E-state index contributed by atoms with van der Waals surface area (Å²) in [5, 5.41) is 0. The highest BCUT2D eigenvalue weighted by molar-refractivity contribution is 7.50. The molecule has 4 heteroatoms. The van der Waals surface area contributed by atoms with Crippen molar-refractivity contribution < 1.29 is 0 Å². The summed E-state index contributed by atoms with van der Waals surface area (Å²) in [6, 6.07) is 0. The Labute approximate surface area is 38.3 Å². The van der Waals surface area contributed by atoms with E-state index in [9.17, 15) is 0 Å². The molecule has 0 saturated carbocycles. The molecule has 0 rings (SSSR count). The number of hydrogen-bond acceptors (Lipinski definition) is 0. The molecule has 0 aliphatic carbocycles. The molecular formula is H7ClSi3. The van der Waals surface area contributed by atoms with Gasteiger partial charge in [-0.2, -0.15) is 11.1 Å². The van der Waals surface area contributed by atoms with Crippen LogP contribution in [0, 0.1) is 0 Å². The molecule has 0 atom stereocenters. The lowest BCUT2D eigenvalue weighted by Crippen LogP contribution is -1.99. The second-order valence-electron chi connectivity index (χ2n) is 1.01. The number of hydrogen-bond donors (Lipinski definition) is 0. The van der Waals surface area contributed by atoms with Crippen molar-refractivity contribution in [2.45, 2.75) is 0 Å². The summed E-state index contributed by atoms with van der Waals surface area (Å²) < 4.78 is 0. The maximum atomic E-state index is 5.54. The topological polar surface area (TPSA) is 0 Å². The van der Waals surface area contributed by atoms with Crippen molar-refractivity contribution in [3.8, 4) is 0 Å². The van der Waals surface area contributed by atoms with Crippen LogP contribution in [0.5, 0.6) is 0 Å². The zero-order valence-electron chi connectivity index (χ0n) is 2.96. The van der Waals surface area contributed by atoms with Gasteiger partial charge in [0.2, 0.25) is 0 Å². The van der Waals surface area contributed by atoms with Crippen LogP contribution in [0.1, 0.15) is 0 Å². The molecule has 0 spiro atoms. The second-order valence-corrected chi connectivity index (χ2v) is 27.4. The van der Waals surface area contributed by atoms with Crippen LogP contribution in [0.4, 0.5) is 0 Å². The Balaban J connectivity index is 2.32. The maximum absolute atomic E-state index is 5.54. The Bertz CT molecular complexity index is 8.00. The van der Waals surface area contributed by atoms with Gasteiger partial charge in [-0.05, 0) is 0 Å². The van der Waals surface area contributed by atoms with Crippen LogP contribution < -0.4 is 0 Å². The van der Waals surface area contributed by atoms with Crippen LogP contribution in [-0.2, 0) is 0 Å². The minimum Gasteiger partial charge on any atom is -0.181 e. The number of rotatable bonds is 0. The van der Waals surface area contributed by atoms with Gasteiger partial charge in [0.05, 0.1) is 0 Å². The molecule has 0 saturated heterocycles. The van der Waals surface area contributed by atoms with Crippen molar-refractivity contribution in [1.29, 1.82) is 0 Å². The highest BCUT2D eigenvalue weighted by Crippen LogP contribution is 1.65. The van der Waals surface area contributed by atoms with Crippen LogP contribution >= 0.6 is 11.1 Å². The molecular weight excluding hydrogens is 120 g/mol. The fraction of sp³-hybridized carbons (Fsp3) is 0. The van der Waals surface area contributed by atoms with Gasteiger partial charge in [0, 0.05) is 19.5 Å². The van der Waals surface area contributed by atoms with Crippen molar-refractivity contribution in [1.82, 2.24) is 0 Å². The van der Waals surface area contributed by atoms with E-state index in [0.29, 0.717) is 0 Å². The van der Waals surface area contributed by atoms with E-state index in [1.165, 1.54) is 19.5 Å². The van der Waals surface area contributed by atoms with Crippen LogP contribution in [0.3, 0.4) is 0 Å². The largest absolute Gasteiger partial charge is 0.181 e. The lowest BCUT2D eigenvalue weighted by atomic mass is 26.6. The van der Waals surface area contributed by atoms with E-state index in [1.54, 1.807) is 0 Å². The van der Waals surface area contributed by atoms with Gasteiger partial charge in [-0.1, -0.05) is 0 Å². The summed E-state index contributed by atoms with van der Waals surface area (Å²) in [5.74, 6) is 0. The standard InChI is InChI=1S/ClH7Si3/c1-4(2)3/h4H,2-3H3. The third-order valence-electron chi connectivity index (χ3n) is 0. The highest BCUT2D eigenvalue weighted by Gasteiger charge is 1.76. The van der Waals surface area contributed by atoms with Gasteiger partial charge in [-0.15, -0.1) is 0 Å². The Morgan fingerprint density at radius 3 is 1.50 bits per heavy atom. The van der Waals surface area contributed by atoms with Gasteiger partial charge in [-0.3, -0.25) is 0 Å². The molecule has 26 valence electrons. The summed E-state index contributed by atoms with van der Waals surface area (Å²) in [6.45, 7) is 0. The minimum absolute atomic E-state index is 0.389. The molecule has 0 N–H and O–H groups in total. The van der Waals surface area contributed by atoms with E-state index in [-0.39, 0.29) is 7.14 Å². The molecule has 0 aliphatic rings. The average Bonchev–Trinajstić information content (AvgIpc) is 0.811. The summed E-state index contributed by atoms with van der Waals surface area (Å²) in [7, 11) is 2.24. The third kappa shape index (κ3) is 12.5. The van der Waals surface area contributed by atoms with E-state index >= 15 is 0 Å².